The molecule has 0 saturated carbocycles. The van der Waals surface area contributed by atoms with Crippen LogP contribution in [0.2, 0.25) is 5.15 Å². The van der Waals surface area contributed by atoms with Crippen LogP contribution in [-0.4, -0.2) is 40.7 Å². The van der Waals surface area contributed by atoms with Crippen molar-refractivity contribution >= 4 is 40.0 Å². The predicted octanol–water partition coefficient (Wildman–Crippen LogP) is 2.73. The number of rotatable bonds is 7. The quantitative estimate of drug-likeness (QED) is 0.607. The number of pyridine rings is 1. The first-order valence-corrected chi connectivity index (χ1v) is 8.27. The number of hydrogen-bond acceptors (Lipinski definition) is 4. The average molecular weight is 325 g/mol. The molecule has 6 heteroatoms. The first-order chi connectivity index (χ1) is 10.2. The first kappa shape index (κ1) is 16.1. The molecule has 0 fully saturated rings. The molecule has 0 saturated heterocycles. The van der Waals surface area contributed by atoms with Crippen molar-refractivity contribution in [3.05, 3.63) is 41.2 Å². The van der Waals surface area contributed by atoms with Crippen molar-refractivity contribution in [2.75, 3.05) is 24.7 Å². The van der Waals surface area contributed by atoms with Crippen molar-refractivity contribution in [1.29, 1.82) is 0 Å². The van der Waals surface area contributed by atoms with Gasteiger partial charge in [-0.2, -0.15) is 11.8 Å². The van der Waals surface area contributed by atoms with Crippen molar-refractivity contribution < 1.29 is 9.90 Å². The molecule has 0 aliphatic heterocycles. The summed E-state index contributed by atoms with van der Waals surface area (Å²) in [6, 6.07) is 9.32. The lowest BCUT2D eigenvalue weighted by molar-refractivity contribution is 0.0951. The minimum Gasteiger partial charge on any atom is -0.396 e. The number of fused-ring (bicyclic) bond motifs is 1. The largest absolute Gasteiger partial charge is 0.396 e. The summed E-state index contributed by atoms with van der Waals surface area (Å²) in [6.07, 6.45) is 0.778. The molecule has 0 radical (unpaired) electrons. The summed E-state index contributed by atoms with van der Waals surface area (Å²) in [5.74, 6) is 1.49. The van der Waals surface area contributed by atoms with E-state index < -0.39 is 0 Å². The standard InChI is InChI=1S/C15H17ClN2O2S/c16-14-12-5-2-1-4-11(12)10-13(18-14)15(20)17-6-9-21-8-3-7-19/h1-2,4-5,10,19H,3,6-9H2,(H,17,20). The highest BCUT2D eigenvalue weighted by Crippen LogP contribution is 2.22. The molecule has 2 rings (SSSR count). The highest BCUT2D eigenvalue weighted by atomic mass is 35.5. The van der Waals surface area contributed by atoms with Crippen LogP contribution in [0.5, 0.6) is 0 Å². The number of aromatic nitrogens is 1. The van der Waals surface area contributed by atoms with E-state index in [9.17, 15) is 4.79 Å². The maximum Gasteiger partial charge on any atom is 0.269 e. The van der Waals surface area contributed by atoms with Crippen molar-refractivity contribution in [3.63, 3.8) is 0 Å². The van der Waals surface area contributed by atoms with E-state index in [1.54, 1.807) is 17.8 Å². The number of halogens is 1. The van der Waals surface area contributed by atoms with Crippen molar-refractivity contribution in [1.82, 2.24) is 10.3 Å². The number of aliphatic hydroxyl groups excluding tert-OH is 1. The van der Waals surface area contributed by atoms with Crippen LogP contribution in [0.15, 0.2) is 30.3 Å². The van der Waals surface area contributed by atoms with Gasteiger partial charge in [0.1, 0.15) is 10.8 Å². The summed E-state index contributed by atoms with van der Waals surface area (Å²) >= 11 is 7.81. The SMILES string of the molecule is O=C(NCCSCCCO)c1cc2ccccc2c(Cl)n1. The Morgan fingerprint density at radius 1 is 1.33 bits per heavy atom. The van der Waals surface area contributed by atoms with Crippen LogP contribution in [0, 0.1) is 0 Å². The van der Waals surface area contributed by atoms with E-state index in [1.807, 2.05) is 24.3 Å². The van der Waals surface area contributed by atoms with Gasteiger partial charge in [0, 0.05) is 24.3 Å². The van der Waals surface area contributed by atoms with Gasteiger partial charge in [-0.05, 0) is 23.6 Å². The Hall–Kier alpha value is -1.30. The lowest BCUT2D eigenvalue weighted by Gasteiger charge is -2.07. The third-order valence-corrected chi connectivity index (χ3v) is 4.26. The van der Waals surface area contributed by atoms with Gasteiger partial charge in [-0.15, -0.1) is 0 Å². The van der Waals surface area contributed by atoms with E-state index in [0.717, 1.165) is 28.7 Å². The van der Waals surface area contributed by atoms with Crippen molar-refractivity contribution in [2.45, 2.75) is 6.42 Å². The second-order valence-electron chi connectivity index (χ2n) is 4.46. The fourth-order valence-electron chi connectivity index (χ4n) is 1.87. The molecule has 4 nitrogen and oxygen atoms in total. The van der Waals surface area contributed by atoms with Gasteiger partial charge < -0.3 is 10.4 Å². The molecule has 0 aliphatic carbocycles. The van der Waals surface area contributed by atoms with Gasteiger partial charge in [0.15, 0.2) is 0 Å². The normalized spacial score (nSPS) is 10.8. The molecule has 1 aromatic heterocycles. The summed E-state index contributed by atoms with van der Waals surface area (Å²) in [5.41, 5.74) is 0.332. The number of amides is 1. The summed E-state index contributed by atoms with van der Waals surface area (Å²) in [7, 11) is 0. The van der Waals surface area contributed by atoms with Crippen LogP contribution in [0.4, 0.5) is 0 Å². The molecule has 0 atom stereocenters. The number of hydrogen-bond donors (Lipinski definition) is 2. The topological polar surface area (TPSA) is 62.2 Å². The molecule has 1 amide bonds. The summed E-state index contributed by atoms with van der Waals surface area (Å²) in [6.45, 7) is 0.778. The zero-order valence-electron chi connectivity index (χ0n) is 11.5. The lowest BCUT2D eigenvalue weighted by atomic mass is 10.1. The minimum absolute atomic E-state index is 0.207. The van der Waals surface area contributed by atoms with Gasteiger partial charge in [0.25, 0.3) is 5.91 Å². The molecule has 0 spiro atoms. The smallest absolute Gasteiger partial charge is 0.269 e. The van der Waals surface area contributed by atoms with Gasteiger partial charge >= 0.3 is 0 Å². The summed E-state index contributed by atoms with van der Waals surface area (Å²) < 4.78 is 0. The second kappa shape index (κ2) is 8.22. The number of carbonyl (C=O) groups excluding carboxylic acids is 1. The Kier molecular flexibility index (Phi) is 6.29. The van der Waals surface area contributed by atoms with E-state index in [4.69, 9.17) is 16.7 Å². The molecule has 0 unspecified atom stereocenters. The van der Waals surface area contributed by atoms with E-state index >= 15 is 0 Å². The van der Waals surface area contributed by atoms with Crippen LogP contribution in [0.1, 0.15) is 16.9 Å². The van der Waals surface area contributed by atoms with E-state index in [1.165, 1.54) is 0 Å². The molecule has 21 heavy (non-hydrogen) atoms. The van der Waals surface area contributed by atoms with Gasteiger partial charge in [-0.25, -0.2) is 4.98 Å². The number of carbonyl (C=O) groups is 1. The second-order valence-corrected chi connectivity index (χ2v) is 6.05. The fraction of sp³-hybridized carbons (Fsp3) is 0.333. The van der Waals surface area contributed by atoms with Crippen LogP contribution >= 0.6 is 23.4 Å². The highest BCUT2D eigenvalue weighted by molar-refractivity contribution is 7.99. The zero-order valence-corrected chi connectivity index (χ0v) is 13.1. The molecular weight excluding hydrogens is 308 g/mol. The van der Waals surface area contributed by atoms with Gasteiger partial charge in [0.2, 0.25) is 0 Å². The molecule has 112 valence electrons. The van der Waals surface area contributed by atoms with Crippen molar-refractivity contribution in [3.8, 4) is 0 Å². The number of benzene rings is 1. The molecule has 2 N–H and O–H groups in total. The zero-order chi connectivity index (χ0) is 15.1. The Morgan fingerprint density at radius 3 is 2.95 bits per heavy atom. The summed E-state index contributed by atoms with van der Waals surface area (Å²) in [4.78, 5) is 16.2. The predicted molar refractivity (Wildman–Crippen MR) is 88.1 cm³/mol. The fourth-order valence-corrected chi connectivity index (χ4v) is 2.92. The Balaban J connectivity index is 1.93. The third-order valence-electron chi connectivity index (χ3n) is 2.91. The average Bonchev–Trinajstić information content (AvgIpc) is 2.50. The van der Waals surface area contributed by atoms with Crippen LogP contribution in [0.3, 0.4) is 0 Å². The first-order valence-electron chi connectivity index (χ1n) is 6.74. The number of thioether (sulfide) groups is 1. The van der Waals surface area contributed by atoms with Crippen molar-refractivity contribution in [2.24, 2.45) is 0 Å². The van der Waals surface area contributed by atoms with Gasteiger partial charge in [-0.1, -0.05) is 35.9 Å². The molecule has 0 bridgehead atoms. The maximum absolute atomic E-state index is 12.0. The van der Waals surface area contributed by atoms with Gasteiger partial charge in [0.05, 0.1) is 0 Å². The molecular formula is C15H17ClN2O2S. The summed E-state index contributed by atoms with van der Waals surface area (Å²) in [5, 5.41) is 13.6. The van der Waals surface area contributed by atoms with E-state index in [-0.39, 0.29) is 12.5 Å². The number of nitrogens with one attached hydrogen (secondary N) is 1. The molecule has 0 aliphatic rings. The number of aliphatic hydroxyl groups is 1. The Morgan fingerprint density at radius 2 is 2.14 bits per heavy atom. The van der Waals surface area contributed by atoms with E-state index in [0.29, 0.717) is 17.4 Å². The Labute approximate surface area is 132 Å². The van der Waals surface area contributed by atoms with Crippen LogP contribution < -0.4 is 5.32 Å². The van der Waals surface area contributed by atoms with Crippen LogP contribution in [-0.2, 0) is 0 Å². The van der Waals surface area contributed by atoms with Crippen LogP contribution in [0.25, 0.3) is 10.8 Å². The Bertz CT molecular complexity index is 622. The van der Waals surface area contributed by atoms with Gasteiger partial charge in [-0.3, -0.25) is 4.79 Å². The van der Waals surface area contributed by atoms with E-state index in [2.05, 4.69) is 10.3 Å². The highest BCUT2D eigenvalue weighted by Gasteiger charge is 2.10. The number of nitrogens with zero attached hydrogens (tertiary/aromatic N) is 1. The molecule has 1 aromatic carbocycles. The maximum atomic E-state index is 12.0. The third kappa shape index (κ3) is 4.59. The monoisotopic (exact) mass is 324 g/mol. The lowest BCUT2D eigenvalue weighted by Crippen LogP contribution is -2.26. The molecule has 1 heterocycles. The minimum atomic E-state index is -0.217. The molecule has 2 aromatic rings.